The number of para-hydroxylation sites is 1. The summed E-state index contributed by atoms with van der Waals surface area (Å²) in [7, 11) is 0. The summed E-state index contributed by atoms with van der Waals surface area (Å²) < 4.78 is 37.9. The Morgan fingerprint density at radius 2 is 1.46 bits per heavy atom. The van der Waals surface area contributed by atoms with Crippen molar-refractivity contribution < 1.29 is 22.8 Å². The Labute approximate surface area is 200 Å². The monoisotopic (exact) mass is 476 g/mol. The van der Waals surface area contributed by atoms with Crippen molar-refractivity contribution in [3.05, 3.63) is 82.7 Å². The Morgan fingerprint density at radius 3 is 2.26 bits per heavy atom. The van der Waals surface area contributed by atoms with E-state index in [1.165, 1.54) is 6.07 Å². The zero-order valence-corrected chi connectivity index (χ0v) is 19.2. The molecule has 6 rings (SSSR count). The van der Waals surface area contributed by atoms with E-state index in [1.54, 1.807) is 6.07 Å². The van der Waals surface area contributed by atoms with Crippen LogP contribution in [0.25, 0.3) is 21.8 Å². The zero-order valence-electron chi connectivity index (χ0n) is 19.2. The maximum atomic E-state index is 12.6. The standard InChI is InChI=1S/C14H10F3NO.C14H13NO/c15-14(16,17)10-5-4-8-6-9-2-1-3-12(19)13(9)18-11(8)7-10;1-9-6-11-8-10-4-2-3-5-12(10)15-14(11)13(16)7-9/h4-7H,1-3H2;2-5,8-9H,6-7H2,1H3. The van der Waals surface area contributed by atoms with Crippen molar-refractivity contribution in [2.24, 2.45) is 5.92 Å². The fourth-order valence-corrected chi connectivity index (χ4v) is 4.79. The van der Waals surface area contributed by atoms with Crippen molar-refractivity contribution in [1.82, 2.24) is 9.97 Å². The predicted molar refractivity (Wildman–Crippen MR) is 128 cm³/mol. The number of ketones is 2. The summed E-state index contributed by atoms with van der Waals surface area (Å²) in [6.45, 7) is 2.12. The van der Waals surface area contributed by atoms with E-state index < -0.39 is 11.7 Å². The third kappa shape index (κ3) is 4.67. The summed E-state index contributed by atoms with van der Waals surface area (Å²) in [4.78, 5) is 32.2. The lowest BCUT2D eigenvalue weighted by atomic mass is 9.86. The summed E-state index contributed by atoms with van der Waals surface area (Å²) in [5.74, 6) is 0.558. The van der Waals surface area contributed by atoms with Crippen molar-refractivity contribution in [3.8, 4) is 0 Å². The van der Waals surface area contributed by atoms with E-state index in [1.807, 2.05) is 24.3 Å². The molecule has 0 radical (unpaired) electrons. The number of Topliss-reactive ketones (excluding diaryl/α,β-unsaturated/α-hetero) is 2. The molecule has 4 aromatic rings. The molecule has 1 atom stereocenters. The van der Waals surface area contributed by atoms with Crippen LogP contribution in [0.2, 0.25) is 0 Å². The molecular weight excluding hydrogens is 453 g/mol. The van der Waals surface area contributed by atoms with Gasteiger partial charge >= 0.3 is 6.18 Å². The normalized spacial score (nSPS) is 17.5. The van der Waals surface area contributed by atoms with E-state index in [-0.39, 0.29) is 17.1 Å². The van der Waals surface area contributed by atoms with E-state index in [2.05, 4.69) is 23.0 Å². The number of pyridine rings is 2. The van der Waals surface area contributed by atoms with Gasteiger partial charge in [0.1, 0.15) is 11.4 Å². The van der Waals surface area contributed by atoms with Gasteiger partial charge in [0.2, 0.25) is 0 Å². The maximum absolute atomic E-state index is 12.6. The van der Waals surface area contributed by atoms with E-state index in [0.717, 1.165) is 53.4 Å². The molecule has 0 bridgehead atoms. The van der Waals surface area contributed by atoms with Gasteiger partial charge in [-0.15, -0.1) is 0 Å². The van der Waals surface area contributed by atoms with Crippen molar-refractivity contribution in [2.45, 2.75) is 45.2 Å². The number of rotatable bonds is 0. The molecule has 2 aromatic carbocycles. The van der Waals surface area contributed by atoms with Crippen LogP contribution in [0.15, 0.2) is 54.6 Å². The average molecular weight is 476 g/mol. The molecule has 0 amide bonds. The van der Waals surface area contributed by atoms with E-state index in [0.29, 0.717) is 35.5 Å². The minimum Gasteiger partial charge on any atom is -0.292 e. The summed E-state index contributed by atoms with van der Waals surface area (Å²) >= 11 is 0. The molecule has 178 valence electrons. The van der Waals surface area contributed by atoms with E-state index in [9.17, 15) is 22.8 Å². The number of aryl methyl sites for hydroxylation is 1. The molecule has 0 aliphatic heterocycles. The largest absolute Gasteiger partial charge is 0.416 e. The molecule has 4 nitrogen and oxygen atoms in total. The third-order valence-corrected chi connectivity index (χ3v) is 6.51. The number of alkyl halides is 3. The van der Waals surface area contributed by atoms with Crippen LogP contribution in [0.4, 0.5) is 13.2 Å². The number of halogens is 3. The fourth-order valence-electron chi connectivity index (χ4n) is 4.79. The number of carbonyl (C=O) groups excluding carboxylic acids is 2. The Morgan fingerprint density at radius 1 is 0.771 bits per heavy atom. The summed E-state index contributed by atoms with van der Waals surface area (Å²) in [6.07, 6.45) is -0.831. The SMILES string of the molecule is CC1CC(=O)c2nc3ccccc3cc2C1.O=C1CCCc2cc3ccc(C(F)(F)F)cc3nc21. The Bertz CT molecular complexity index is 1480. The van der Waals surface area contributed by atoms with E-state index >= 15 is 0 Å². The molecule has 0 saturated carbocycles. The number of nitrogens with zero attached hydrogens (tertiary/aromatic N) is 2. The van der Waals surface area contributed by atoms with Gasteiger partial charge < -0.3 is 0 Å². The van der Waals surface area contributed by atoms with Crippen LogP contribution >= 0.6 is 0 Å². The van der Waals surface area contributed by atoms with Gasteiger partial charge in [0.05, 0.1) is 16.6 Å². The van der Waals surface area contributed by atoms with E-state index in [4.69, 9.17) is 0 Å². The van der Waals surface area contributed by atoms with Crippen LogP contribution in [0, 0.1) is 5.92 Å². The molecule has 35 heavy (non-hydrogen) atoms. The highest BCUT2D eigenvalue weighted by atomic mass is 19.4. The maximum Gasteiger partial charge on any atom is 0.416 e. The molecule has 0 saturated heterocycles. The van der Waals surface area contributed by atoms with Crippen molar-refractivity contribution in [3.63, 3.8) is 0 Å². The van der Waals surface area contributed by atoms with Gasteiger partial charge in [-0.2, -0.15) is 13.2 Å². The predicted octanol–water partition coefficient (Wildman–Crippen LogP) is 6.77. The van der Waals surface area contributed by atoms with Crippen LogP contribution < -0.4 is 0 Å². The summed E-state index contributed by atoms with van der Waals surface area (Å²) in [5.41, 5.74) is 3.38. The second-order valence-corrected chi connectivity index (χ2v) is 9.30. The number of benzene rings is 2. The fraction of sp³-hybridized carbons (Fsp3) is 0.286. The van der Waals surface area contributed by atoms with Gasteiger partial charge in [-0.25, -0.2) is 9.97 Å². The number of hydrogen-bond donors (Lipinski definition) is 0. The second-order valence-electron chi connectivity index (χ2n) is 9.30. The molecule has 0 spiro atoms. The first-order valence-electron chi connectivity index (χ1n) is 11.6. The van der Waals surface area contributed by atoms with Gasteiger partial charge in [0, 0.05) is 23.6 Å². The van der Waals surface area contributed by atoms with Gasteiger partial charge in [-0.3, -0.25) is 9.59 Å². The van der Waals surface area contributed by atoms with Crippen LogP contribution in [-0.2, 0) is 19.0 Å². The van der Waals surface area contributed by atoms with Crippen LogP contribution in [0.5, 0.6) is 0 Å². The van der Waals surface area contributed by atoms with Gasteiger partial charge in [0.15, 0.2) is 11.6 Å². The molecule has 2 aliphatic carbocycles. The number of aromatic nitrogens is 2. The van der Waals surface area contributed by atoms with Crippen molar-refractivity contribution >= 4 is 33.4 Å². The lowest BCUT2D eigenvalue weighted by Gasteiger charge is -2.19. The van der Waals surface area contributed by atoms with Crippen LogP contribution in [-0.4, -0.2) is 21.5 Å². The molecule has 2 aliphatic rings. The van der Waals surface area contributed by atoms with Gasteiger partial charge in [0.25, 0.3) is 0 Å². The zero-order chi connectivity index (χ0) is 24.7. The molecule has 2 heterocycles. The van der Waals surface area contributed by atoms with Crippen molar-refractivity contribution in [2.75, 3.05) is 0 Å². The first kappa shape index (κ1) is 23.1. The summed E-state index contributed by atoms with van der Waals surface area (Å²) in [5, 5.41) is 1.77. The molecule has 0 N–H and O–H groups in total. The Hall–Kier alpha value is -3.61. The molecular formula is C28H23F3N2O2. The minimum absolute atomic E-state index is 0.0828. The smallest absolute Gasteiger partial charge is 0.292 e. The highest BCUT2D eigenvalue weighted by Gasteiger charge is 2.31. The van der Waals surface area contributed by atoms with Crippen LogP contribution in [0.1, 0.15) is 63.9 Å². The van der Waals surface area contributed by atoms with Crippen LogP contribution in [0.3, 0.4) is 0 Å². The second kappa shape index (κ2) is 8.87. The van der Waals surface area contributed by atoms with Gasteiger partial charge in [-0.05, 0) is 66.6 Å². The lowest BCUT2D eigenvalue weighted by molar-refractivity contribution is -0.137. The molecule has 7 heteroatoms. The average Bonchev–Trinajstić information content (AvgIpc) is 2.82. The number of hydrogen-bond acceptors (Lipinski definition) is 4. The highest BCUT2D eigenvalue weighted by Crippen LogP contribution is 2.32. The number of fused-ring (bicyclic) bond motifs is 4. The Kier molecular flexibility index (Phi) is 5.87. The first-order chi connectivity index (χ1) is 16.7. The highest BCUT2D eigenvalue weighted by molar-refractivity contribution is 6.00. The molecule has 2 aromatic heterocycles. The third-order valence-electron chi connectivity index (χ3n) is 6.51. The Balaban J connectivity index is 0.000000147. The summed E-state index contributed by atoms with van der Waals surface area (Å²) in [6, 6.07) is 15.3. The number of carbonyl (C=O) groups is 2. The lowest BCUT2D eigenvalue weighted by Crippen LogP contribution is -2.19. The van der Waals surface area contributed by atoms with Gasteiger partial charge in [-0.1, -0.05) is 31.2 Å². The van der Waals surface area contributed by atoms with Crippen molar-refractivity contribution in [1.29, 1.82) is 0 Å². The molecule has 0 fully saturated rings. The quantitative estimate of drug-likeness (QED) is 0.281. The molecule has 1 unspecified atom stereocenters. The topological polar surface area (TPSA) is 59.9 Å². The minimum atomic E-state index is -4.39. The first-order valence-corrected chi connectivity index (χ1v) is 11.6.